The van der Waals surface area contributed by atoms with Gasteiger partial charge in [-0.3, -0.25) is 13.9 Å². The van der Waals surface area contributed by atoms with E-state index in [-0.39, 0.29) is 40.5 Å². The minimum absolute atomic E-state index is 0.0141. The lowest BCUT2D eigenvalue weighted by Gasteiger charge is -2.33. The molecule has 12 heteroatoms. The fraction of sp³-hybridized carbons (Fsp3) is 0.417. The second kappa shape index (κ2) is 13.2. The van der Waals surface area contributed by atoms with Crippen LogP contribution in [0.2, 0.25) is 20.1 Å². The number of carbonyl (C=O) groups excluding carboxylic acids is 2. The molecule has 2 aromatic rings. The molecule has 0 aliphatic rings. The molecule has 0 fully saturated rings. The highest BCUT2D eigenvalue weighted by molar-refractivity contribution is 7.92. The summed E-state index contributed by atoms with van der Waals surface area (Å²) in [7, 11) is -3.96. The lowest BCUT2D eigenvalue weighted by atomic mass is 10.1. The highest BCUT2D eigenvalue weighted by atomic mass is 35.5. The Morgan fingerprint density at radius 3 is 2.06 bits per heavy atom. The van der Waals surface area contributed by atoms with Gasteiger partial charge in [-0.1, -0.05) is 79.3 Å². The minimum Gasteiger partial charge on any atom is -0.354 e. The third-order valence-corrected chi connectivity index (χ3v) is 7.98. The number of anilines is 1. The first-order chi connectivity index (χ1) is 16.8. The fourth-order valence-electron chi connectivity index (χ4n) is 3.48. The maximum atomic E-state index is 13.7. The van der Waals surface area contributed by atoms with Crippen molar-refractivity contribution in [1.29, 1.82) is 0 Å². The summed E-state index contributed by atoms with van der Waals surface area (Å²) in [6, 6.07) is 8.50. The molecule has 2 amide bonds. The summed E-state index contributed by atoms with van der Waals surface area (Å²) in [5.41, 5.74) is 0.490. The molecule has 0 bridgehead atoms. The van der Waals surface area contributed by atoms with Gasteiger partial charge in [-0.25, -0.2) is 8.42 Å². The lowest BCUT2D eigenvalue weighted by molar-refractivity contribution is -0.140. The molecule has 0 heterocycles. The molecule has 1 unspecified atom stereocenters. The molecule has 36 heavy (non-hydrogen) atoms. The standard InChI is InChI=1S/C24H29Cl4N3O4S/c1-5-20(24(33)29-12-15(2)3)30(13-16-17(25)8-6-9-18(16)26)22(32)14-31(36(4,34)35)21-11-7-10-19(27)23(21)28/h6-11,15,20H,5,12-14H2,1-4H3,(H,29,33). The average Bonchev–Trinajstić information content (AvgIpc) is 2.79. The summed E-state index contributed by atoms with van der Waals surface area (Å²) < 4.78 is 26.3. The van der Waals surface area contributed by atoms with E-state index in [1.807, 2.05) is 13.8 Å². The molecule has 198 valence electrons. The SMILES string of the molecule is CCC(C(=O)NCC(C)C)N(Cc1c(Cl)cccc1Cl)C(=O)CN(c1cccc(Cl)c1Cl)S(C)(=O)=O. The van der Waals surface area contributed by atoms with Crippen LogP contribution in [0.4, 0.5) is 5.69 Å². The van der Waals surface area contributed by atoms with Crippen LogP contribution < -0.4 is 9.62 Å². The molecule has 0 saturated heterocycles. The maximum absolute atomic E-state index is 13.7. The summed E-state index contributed by atoms with van der Waals surface area (Å²) in [6.45, 7) is 5.35. The van der Waals surface area contributed by atoms with Gasteiger partial charge in [0.1, 0.15) is 12.6 Å². The highest BCUT2D eigenvalue weighted by Crippen LogP contribution is 2.34. The molecular formula is C24H29Cl4N3O4S. The Bertz CT molecular complexity index is 1190. The van der Waals surface area contributed by atoms with Crippen LogP contribution in [0, 0.1) is 5.92 Å². The first-order valence-corrected chi connectivity index (χ1v) is 14.6. The van der Waals surface area contributed by atoms with Gasteiger partial charge in [-0.2, -0.15) is 0 Å². The molecule has 0 spiro atoms. The van der Waals surface area contributed by atoms with Crippen molar-refractivity contribution >= 4 is 73.9 Å². The summed E-state index contributed by atoms with van der Waals surface area (Å²) in [6.07, 6.45) is 1.23. The predicted molar refractivity (Wildman–Crippen MR) is 148 cm³/mol. The first kappa shape index (κ1) is 30.5. The monoisotopic (exact) mass is 595 g/mol. The Kier molecular flexibility index (Phi) is 11.2. The van der Waals surface area contributed by atoms with E-state index >= 15 is 0 Å². The Hall–Kier alpha value is -1.71. The van der Waals surface area contributed by atoms with Crippen LogP contribution in [0.25, 0.3) is 0 Å². The van der Waals surface area contributed by atoms with Crippen LogP contribution >= 0.6 is 46.4 Å². The molecule has 2 aromatic carbocycles. The summed E-state index contributed by atoms with van der Waals surface area (Å²) in [4.78, 5) is 28.1. The van der Waals surface area contributed by atoms with Gasteiger partial charge in [0.2, 0.25) is 21.8 Å². The number of sulfonamides is 1. The Labute approximate surface area is 232 Å². The second-order valence-corrected chi connectivity index (χ2v) is 12.1. The van der Waals surface area contributed by atoms with Crippen molar-refractivity contribution in [3.05, 3.63) is 62.1 Å². The van der Waals surface area contributed by atoms with Crippen molar-refractivity contribution < 1.29 is 18.0 Å². The van der Waals surface area contributed by atoms with Crippen molar-refractivity contribution in [2.24, 2.45) is 5.92 Å². The van der Waals surface area contributed by atoms with E-state index in [0.29, 0.717) is 22.2 Å². The first-order valence-electron chi connectivity index (χ1n) is 11.2. The van der Waals surface area contributed by atoms with Gasteiger partial charge in [-0.15, -0.1) is 0 Å². The van der Waals surface area contributed by atoms with E-state index in [1.165, 1.54) is 23.1 Å². The van der Waals surface area contributed by atoms with E-state index in [4.69, 9.17) is 46.4 Å². The lowest BCUT2D eigenvalue weighted by Crippen LogP contribution is -2.52. The Morgan fingerprint density at radius 1 is 0.972 bits per heavy atom. The number of hydrogen-bond donors (Lipinski definition) is 1. The van der Waals surface area contributed by atoms with Gasteiger partial charge >= 0.3 is 0 Å². The van der Waals surface area contributed by atoms with Crippen molar-refractivity contribution in [3.63, 3.8) is 0 Å². The van der Waals surface area contributed by atoms with Gasteiger partial charge < -0.3 is 10.2 Å². The molecule has 0 aromatic heterocycles. The number of halogens is 4. The summed E-state index contributed by atoms with van der Waals surface area (Å²) in [5.74, 6) is -0.812. The number of benzene rings is 2. The van der Waals surface area contributed by atoms with Gasteiger partial charge in [0.05, 0.1) is 22.0 Å². The van der Waals surface area contributed by atoms with Crippen LogP contribution in [0.5, 0.6) is 0 Å². The van der Waals surface area contributed by atoms with Crippen LogP contribution in [-0.2, 0) is 26.2 Å². The maximum Gasteiger partial charge on any atom is 0.244 e. The van der Waals surface area contributed by atoms with Gasteiger partial charge in [0, 0.05) is 28.7 Å². The zero-order valence-corrected chi connectivity index (χ0v) is 24.2. The third-order valence-electron chi connectivity index (χ3n) is 5.34. The van der Waals surface area contributed by atoms with E-state index in [1.54, 1.807) is 25.1 Å². The quantitative estimate of drug-likeness (QED) is 0.363. The molecule has 2 rings (SSSR count). The van der Waals surface area contributed by atoms with Crippen LogP contribution in [0.15, 0.2) is 36.4 Å². The van der Waals surface area contributed by atoms with E-state index in [0.717, 1.165) is 10.6 Å². The molecule has 0 aliphatic heterocycles. The normalized spacial score (nSPS) is 12.4. The zero-order valence-electron chi connectivity index (χ0n) is 20.4. The number of nitrogens with zero attached hydrogens (tertiary/aromatic N) is 2. The number of carbonyl (C=O) groups is 2. The van der Waals surface area contributed by atoms with E-state index in [9.17, 15) is 18.0 Å². The fourth-order valence-corrected chi connectivity index (χ4v) is 5.29. The molecular weight excluding hydrogens is 568 g/mol. The van der Waals surface area contributed by atoms with Crippen LogP contribution in [-0.4, -0.2) is 50.5 Å². The third kappa shape index (κ3) is 7.89. The van der Waals surface area contributed by atoms with E-state index in [2.05, 4.69) is 5.32 Å². The van der Waals surface area contributed by atoms with Crippen molar-refractivity contribution in [3.8, 4) is 0 Å². The second-order valence-electron chi connectivity index (χ2n) is 8.63. The molecule has 1 N–H and O–H groups in total. The summed E-state index contributed by atoms with van der Waals surface area (Å²) >= 11 is 25.1. The van der Waals surface area contributed by atoms with Gasteiger partial charge in [0.15, 0.2) is 0 Å². The number of nitrogens with one attached hydrogen (secondary N) is 1. The number of amides is 2. The molecule has 0 aliphatic carbocycles. The Balaban J connectivity index is 2.53. The van der Waals surface area contributed by atoms with Crippen LogP contribution in [0.3, 0.4) is 0 Å². The highest BCUT2D eigenvalue weighted by Gasteiger charge is 2.33. The van der Waals surface area contributed by atoms with Crippen molar-refractivity contribution in [2.45, 2.75) is 39.8 Å². The Morgan fingerprint density at radius 2 is 1.53 bits per heavy atom. The van der Waals surface area contributed by atoms with Gasteiger partial charge in [0.25, 0.3) is 0 Å². The van der Waals surface area contributed by atoms with Crippen molar-refractivity contribution in [1.82, 2.24) is 10.2 Å². The number of hydrogen-bond acceptors (Lipinski definition) is 4. The summed E-state index contributed by atoms with van der Waals surface area (Å²) in [5, 5.41) is 3.60. The average molecular weight is 597 g/mol. The van der Waals surface area contributed by atoms with E-state index < -0.39 is 28.5 Å². The topological polar surface area (TPSA) is 86.8 Å². The minimum atomic E-state index is -3.96. The zero-order chi connectivity index (χ0) is 27.2. The smallest absolute Gasteiger partial charge is 0.244 e. The molecule has 0 saturated carbocycles. The molecule has 1 atom stereocenters. The predicted octanol–water partition coefficient (Wildman–Crippen LogP) is 5.65. The molecule has 7 nitrogen and oxygen atoms in total. The van der Waals surface area contributed by atoms with Gasteiger partial charge in [-0.05, 0) is 36.6 Å². The largest absolute Gasteiger partial charge is 0.354 e. The molecule has 0 radical (unpaired) electrons. The van der Waals surface area contributed by atoms with Crippen LogP contribution in [0.1, 0.15) is 32.8 Å². The number of rotatable bonds is 11. The van der Waals surface area contributed by atoms with Crippen molar-refractivity contribution in [2.75, 3.05) is 23.7 Å².